The number of piperazine rings is 1. The molecule has 1 N–H and O–H groups in total. The first-order chi connectivity index (χ1) is 17.0. The molecular weight excluding hydrogens is 462 g/mol. The van der Waals surface area contributed by atoms with Crippen molar-refractivity contribution in [3.05, 3.63) is 57.5 Å². The summed E-state index contributed by atoms with van der Waals surface area (Å²) < 4.78 is 1.35. The van der Waals surface area contributed by atoms with Crippen molar-refractivity contribution in [3.63, 3.8) is 0 Å². The van der Waals surface area contributed by atoms with E-state index in [9.17, 15) is 14.4 Å². The molecular formula is C26H31N5O3S. The molecule has 0 atom stereocenters. The van der Waals surface area contributed by atoms with Crippen molar-refractivity contribution < 1.29 is 9.59 Å². The second-order valence-corrected chi connectivity index (χ2v) is 10.4. The van der Waals surface area contributed by atoms with Gasteiger partial charge in [-0.05, 0) is 37.5 Å². The SMILES string of the molecule is Cc1c(C(=O)N2CCN(c3ccccc3)CC2)sc2ncn(CC(=O)NC3CCCCC3)c(=O)c12. The van der Waals surface area contributed by atoms with Crippen LogP contribution in [0.3, 0.4) is 0 Å². The first kappa shape index (κ1) is 23.5. The van der Waals surface area contributed by atoms with Crippen LogP contribution in [0, 0.1) is 6.92 Å². The molecule has 0 bridgehead atoms. The average Bonchev–Trinajstić information content (AvgIpc) is 3.23. The second kappa shape index (κ2) is 10.2. The van der Waals surface area contributed by atoms with Crippen LogP contribution >= 0.6 is 11.3 Å². The first-order valence-corrected chi connectivity index (χ1v) is 13.2. The Morgan fingerprint density at radius 3 is 2.49 bits per heavy atom. The lowest BCUT2D eigenvalue weighted by molar-refractivity contribution is -0.122. The van der Waals surface area contributed by atoms with Crippen LogP contribution in [0.5, 0.6) is 0 Å². The van der Waals surface area contributed by atoms with E-state index in [1.165, 1.54) is 28.7 Å². The molecule has 8 nitrogen and oxygen atoms in total. The standard InChI is InChI=1S/C26H31N5O3S/c1-18-22-24(27-17-31(25(22)33)16-21(32)28-19-8-4-2-5-9-19)35-23(18)26(34)30-14-12-29(13-15-30)20-10-6-3-7-11-20/h3,6-7,10-11,17,19H,2,4-5,8-9,12-16H2,1H3,(H,28,32). The van der Waals surface area contributed by atoms with E-state index in [1.54, 1.807) is 0 Å². The van der Waals surface area contributed by atoms with Crippen LogP contribution in [0.2, 0.25) is 0 Å². The summed E-state index contributed by atoms with van der Waals surface area (Å²) in [6.45, 7) is 4.53. The van der Waals surface area contributed by atoms with E-state index in [2.05, 4.69) is 27.3 Å². The Kier molecular flexibility index (Phi) is 6.86. The molecule has 1 aliphatic carbocycles. The smallest absolute Gasteiger partial charge is 0.264 e. The minimum absolute atomic E-state index is 0.0563. The number of fused-ring (bicyclic) bond motifs is 1. The minimum Gasteiger partial charge on any atom is -0.368 e. The molecule has 5 rings (SSSR count). The molecule has 184 valence electrons. The van der Waals surface area contributed by atoms with Gasteiger partial charge in [-0.25, -0.2) is 4.98 Å². The van der Waals surface area contributed by atoms with Crippen molar-refractivity contribution in [2.45, 2.75) is 51.6 Å². The monoisotopic (exact) mass is 493 g/mol. The highest BCUT2D eigenvalue weighted by Gasteiger charge is 2.27. The second-order valence-electron chi connectivity index (χ2n) is 9.43. The van der Waals surface area contributed by atoms with Crippen LogP contribution in [0.25, 0.3) is 10.2 Å². The van der Waals surface area contributed by atoms with E-state index < -0.39 is 0 Å². The highest BCUT2D eigenvalue weighted by molar-refractivity contribution is 7.20. The van der Waals surface area contributed by atoms with Crippen molar-refractivity contribution in [1.29, 1.82) is 0 Å². The predicted octanol–water partition coefficient (Wildman–Crippen LogP) is 3.18. The number of amides is 2. The number of aromatic nitrogens is 2. The van der Waals surface area contributed by atoms with Gasteiger partial charge in [-0.1, -0.05) is 37.5 Å². The summed E-state index contributed by atoms with van der Waals surface area (Å²) in [5, 5.41) is 3.49. The third-order valence-corrected chi connectivity index (χ3v) is 8.27. The van der Waals surface area contributed by atoms with E-state index in [-0.39, 0.29) is 30.0 Å². The number of nitrogens with one attached hydrogen (secondary N) is 1. The van der Waals surface area contributed by atoms with Crippen LogP contribution in [0.1, 0.15) is 47.3 Å². The fraction of sp³-hybridized carbons (Fsp3) is 0.462. The van der Waals surface area contributed by atoms with E-state index in [1.807, 2.05) is 30.0 Å². The Balaban J connectivity index is 1.29. The number of hydrogen-bond donors (Lipinski definition) is 1. The van der Waals surface area contributed by atoms with Gasteiger partial charge in [0, 0.05) is 37.9 Å². The van der Waals surface area contributed by atoms with E-state index in [4.69, 9.17) is 0 Å². The summed E-state index contributed by atoms with van der Waals surface area (Å²) in [7, 11) is 0. The fourth-order valence-electron chi connectivity index (χ4n) is 5.10. The zero-order valence-corrected chi connectivity index (χ0v) is 20.9. The molecule has 2 aromatic heterocycles. The van der Waals surface area contributed by atoms with Gasteiger partial charge in [-0.3, -0.25) is 19.0 Å². The number of carbonyl (C=O) groups excluding carboxylic acids is 2. The molecule has 1 aromatic carbocycles. The fourth-order valence-corrected chi connectivity index (χ4v) is 6.21. The normalized spacial score (nSPS) is 17.1. The van der Waals surface area contributed by atoms with Crippen LogP contribution in [0.15, 0.2) is 41.5 Å². The molecule has 2 aliphatic rings. The summed E-state index contributed by atoms with van der Waals surface area (Å²) in [4.78, 5) is 48.8. The van der Waals surface area contributed by atoms with Crippen molar-refractivity contribution >= 4 is 39.1 Å². The molecule has 1 aliphatic heterocycles. The highest BCUT2D eigenvalue weighted by Crippen LogP contribution is 2.28. The minimum atomic E-state index is -0.268. The van der Waals surface area contributed by atoms with Gasteiger partial charge in [-0.2, -0.15) is 0 Å². The Hall–Kier alpha value is -3.20. The molecule has 2 amide bonds. The number of aryl methyl sites for hydroxylation is 1. The molecule has 0 unspecified atom stereocenters. The van der Waals surface area contributed by atoms with Crippen molar-refractivity contribution in [3.8, 4) is 0 Å². The first-order valence-electron chi connectivity index (χ1n) is 12.4. The number of benzene rings is 1. The molecule has 1 saturated heterocycles. The van der Waals surface area contributed by atoms with Gasteiger partial charge < -0.3 is 15.1 Å². The lowest BCUT2D eigenvalue weighted by Gasteiger charge is -2.36. The van der Waals surface area contributed by atoms with Crippen molar-refractivity contribution in [2.24, 2.45) is 0 Å². The molecule has 2 fully saturated rings. The summed E-state index contributed by atoms with van der Waals surface area (Å²) >= 11 is 1.26. The largest absolute Gasteiger partial charge is 0.368 e. The maximum atomic E-state index is 13.3. The molecule has 35 heavy (non-hydrogen) atoms. The van der Waals surface area contributed by atoms with Gasteiger partial charge in [0.05, 0.1) is 16.6 Å². The zero-order chi connectivity index (χ0) is 24.4. The number of carbonyl (C=O) groups is 2. The number of nitrogens with zero attached hydrogens (tertiary/aromatic N) is 4. The maximum absolute atomic E-state index is 13.3. The molecule has 1 saturated carbocycles. The van der Waals surface area contributed by atoms with Gasteiger partial charge in [0.2, 0.25) is 5.91 Å². The third-order valence-electron chi connectivity index (χ3n) is 7.08. The number of rotatable bonds is 5. The topological polar surface area (TPSA) is 87.5 Å². The van der Waals surface area contributed by atoms with Crippen molar-refractivity contribution in [2.75, 3.05) is 31.1 Å². The lowest BCUT2D eigenvalue weighted by atomic mass is 9.95. The molecule has 0 spiro atoms. The van der Waals surface area contributed by atoms with Crippen LogP contribution < -0.4 is 15.8 Å². The molecule has 0 radical (unpaired) electrons. The summed E-state index contributed by atoms with van der Waals surface area (Å²) in [6.07, 6.45) is 6.88. The zero-order valence-electron chi connectivity index (χ0n) is 20.0. The quantitative estimate of drug-likeness (QED) is 0.590. The number of anilines is 1. The lowest BCUT2D eigenvalue weighted by Crippen LogP contribution is -2.48. The Labute approximate surface area is 208 Å². The number of hydrogen-bond acceptors (Lipinski definition) is 6. The van der Waals surface area contributed by atoms with Crippen molar-refractivity contribution in [1.82, 2.24) is 19.8 Å². The summed E-state index contributed by atoms with van der Waals surface area (Å²) in [5.41, 5.74) is 1.55. The predicted molar refractivity (Wildman–Crippen MR) is 138 cm³/mol. The number of para-hydroxylation sites is 1. The van der Waals surface area contributed by atoms with Gasteiger partial charge in [0.15, 0.2) is 0 Å². The van der Waals surface area contributed by atoms with Gasteiger partial charge in [0.1, 0.15) is 11.4 Å². The van der Waals surface area contributed by atoms with Crippen LogP contribution in [-0.2, 0) is 11.3 Å². The van der Waals surface area contributed by atoms with Crippen LogP contribution in [0.4, 0.5) is 5.69 Å². The molecule has 3 aromatic rings. The van der Waals surface area contributed by atoms with Crippen LogP contribution in [-0.4, -0.2) is 58.5 Å². The van der Waals surface area contributed by atoms with Gasteiger partial charge >= 0.3 is 0 Å². The van der Waals surface area contributed by atoms with Gasteiger partial charge in [0.25, 0.3) is 11.5 Å². The third kappa shape index (κ3) is 4.96. The van der Waals surface area contributed by atoms with E-state index >= 15 is 0 Å². The Morgan fingerprint density at radius 1 is 1.06 bits per heavy atom. The molecule has 3 heterocycles. The summed E-state index contributed by atoms with van der Waals surface area (Å²) in [5.74, 6) is -0.222. The maximum Gasteiger partial charge on any atom is 0.264 e. The van der Waals surface area contributed by atoms with E-state index in [0.717, 1.165) is 44.5 Å². The number of thiophene rings is 1. The molecule has 9 heteroatoms. The Morgan fingerprint density at radius 2 is 1.77 bits per heavy atom. The average molecular weight is 494 g/mol. The highest BCUT2D eigenvalue weighted by atomic mass is 32.1. The Bertz CT molecular complexity index is 1270. The van der Waals surface area contributed by atoms with Gasteiger partial charge in [-0.15, -0.1) is 11.3 Å². The van der Waals surface area contributed by atoms with E-state index in [0.29, 0.717) is 33.7 Å². The summed E-state index contributed by atoms with van der Waals surface area (Å²) in [6, 6.07) is 10.4.